The lowest BCUT2D eigenvalue weighted by Gasteiger charge is -2.03. The molecule has 0 fully saturated rings. The van der Waals surface area contributed by atoms with Gasteiger partial charge in [0.1, 0.15) is 10.7 Å². The van der Waals surface area contributed by atoms with Crippen molar-refractivity contribution in [3.63, 3.8) is 0 Å². The van der Waals surface area contributed by atoms with Crippen molar-refractivity contribution >= 4 is 29.2 Å². The summed E-state index contributed by atoms with van der Waals surface area (Å²) in [5, 5.41) is 18.4. The van der Waals surface area contributed by atoms with Crippen LogP contribution in [0.25, 0.3) is 0 Å². The molecule has 0 bridgehead atoms. The van der Waals surface area contributed by atoms with Crippen molar-refractivity contribution in [2.45, 2.75) is 0 Å². The van der Waals surface area contributed by atoms with Gasteiger partial charge in [0.2, 0.25) is 0 Å². The number of rotatable bonds is 4. The lowest BCUT2D eigenvalue weighted by Crippen LogP contribution is -2.20. The molecule has 0 aliphatic carbocycles. The maximum Gasteiger partial charge on any atom is 0.287 e. The fourth-order valence-electron chi connectivity index (χ4n) is 1.52. The van der Waals surface area contributed by atoms with Gasteiger partial charge >= 0.3 is 0 Å². The Kier molecular flexibility index (Phi) is 4.29. The highest BCUT2D eigenvalue weighted by atomic mass is 35.5. The van der Waals surface area contributed by atoms with Gasteiger partial charge in [-0.15, -0.1) is 0 Å². The summed E-state index contributed by atoms with van der Waals surface area (Å²) in [6, 6.07) is 6.13. The molecular formula is C12H10ClN5O3. The largest absolute Gasteiger partial charge is 0.287 e. The molecule has 2 rings (SSSR count). The van der Waals surface area contributed by atoms with Crippen LogP contribution in [0.3, 0.4) is 0 Å². The van der Waals surface area contributed by atoms with Gasteiger partial charge in [-0.2, -0.15) is 10.2 Å². The lowest BCUT2D eigenvalue weighted by atomic mass is 10.2. The van der Waals surface area contributed by atoms with Gasteiger partial charge in [0.25, 0.3) is 11.2 Å². The Morgan fingerprint density at radius 2 is 2.19 bits per heavy atom. The zero-order valence-electron chi connectivity index (χ0n) is 10.9. The number of aryl methyl sites for hydroxylation is 1. The van der Waals surface area contributed by atoms with Crippen molar-refractivity contribution < 1.29 is 4.92 Å². The number of nitro benzene ring substituents is 1. The van der Waals surface area contributed by atoms with Gasteiger partial charge in [-0.05, 0) is 6.07 Å². The van der Waals surface area contributed by atoms with Crippen LogP contribution < -0.4 is 11.0 Å². The number of halogens is 1. The summed E-state index contributed by atoms with van der Waals surface area (Å²) in [5.74, 6) is 0. The molecule has 0 atom stereocenters. The summed E-state index contributed by atoms with van der Waals surface area (Å²) < 4.78 is 1.08. The summed E-state index contributed by atoms with van der Waals surface area (Å²) in [6.07, 6.45) is 2.60. The first-order chi connectivity index (χ1) is 10.0. The van der Waals surface area contributed by atoms with E-state index < -0.39 is 10.5 Å². The molecule has 0 saturated heterocycles. The highest BCUT2D eigenvalue weighted by Gasteiger charge is 2.10. The predicted molar refractivity (Wildman–Crippen MR) is 78.8 cm³/mol. The molecule has 0 aliphatic rings. The fraction of sp³-hybridized carbons (Fsp3) is 0.0833. The zero-order valence-corrected chi connectivity index (χ0v) is 11.6. The number of nitro groups is 1. The monoisotopic (exact) mass is 307 g/mol. The van der Waals surface area contributed by atoms with Gasteiger partial charge in [0.15, 0.2) is 0 Å². The molecule has 1 N–H and O–H groups in total. The Labute approximate surface area is 123 Å². The number of nitrogens with zero attached hydrogens (tertiary/aromatic N) is 4. The number of nitrogens with one attached hydrogen (secondary N) is 1. The van der Waals surface area contributed by atoms with Crippen molar-refractivity contribution in [1.82, 2.24) is 9.78 Å². The smallest absolute Gasteiger partial charge is 0.275 e. The van der Waals surface area contributed by atoms with E-state index in [2.05, 4.69) is 15.6 Å². The summed E-state index contributed by atoms with van der Waals surface area (Å²) >= 11 is 5.84. The molecule has 0 spiro atoms. The first-order valence-corrected chi connectivity index (χ1v) is 6.13. The third-order valence-corrected chi connectivity index (χ3v) is 2.97. The highest BCUT2D eigenvalue weighted by Crippen LogP contribution is 2.17. The van der Waals surface area contributed by atoms with E-state index in [4.69, 9.17) is 11.6 Å². The van der Waals surface area contributed by atoms with Gasteiger partial charge in [-0.1, -0.05) is 23.7 Å². The number of benzene rings is 1. The number of hydrogen-bond acceptors (Lipinski definition) is 6. The molecule has 9 heteroatoms. The summed E-state index contributed by atoms with van der Waals surface area (Å²) in [6.45, 7) is 0. The maximum absolute atomic E-state index is 11.6. The van der Waals surface area contributed by atoms with Crippen molar-refractivity contribution in [3.8, 4) is 0 Å². The van der Waals surface area contributed by atoms with Crippen LogP contribution in [0.5, 0.6) is 0 Å². The van der Waals surface area contributed by atoms with Gasteiger partial charge in [-0.3, -0.25) is 20.3 Å². The van der Waals surface area contributed by atoms with E-state index >= 15 is 0 Å². The summed E-state index contributed by atoms with van der Waals surface area (Å²) in [4.78, 5) is 21.9. The zero-order chi connectivity index (χ0) is 15.4. The van der Waals surface area contributed by atoms with Crippen LogP contribution in [0.4, 0.5) is 11.4 Å². The van der Waals surface area contributed by atoms with E-state index in [0.717, 1.165) is 4.68 Å². The molecule has 0 aliphatic heterocycles. The first-order valence-electron chi connectivity index (χ1n) is 5.75. The van der Waals surface area contributed by atoms with Crippen LogP contribution >= 0.6 is 11.6 Å². The van der Waals surface area contributed by atoms with E-state index in [9.17, 15) is 14.9 Å². The molecule has 1 aromatic carbocycles. The van der Waals surface area contributed by atoms with Crippen LogP contribution in [0.15, 0.2) is 40.4 Å². The summed E-state index contributed by atoms with van der Waals surface area (Å²) in [5.41, 5.74) is 2.53. The van der Waals surface area contributed by atoms with Crippen LogP contribution in [0.2, 0.25) is 5.02 Å². The van der Waals surface area contributed by atoms with Crippen molar-refractivity contribution in [3.05, 3.63) is 61.5 Å². The number of para-hydroxylation sites is 1. The van der Waals surface area contributed by atoms with E-state index in [-0.39, 0.29) is 16.4 Å². The van der Waals surface area contributed by atoms with Crippen molar-refractivity contribution in [1.29, 1.82) is 0 Å². The normalized spacial score (nSPS) is 10.8. The standard InChI is InChI=1S/C12H10ClN5O3/c1-17-12(19)11(13)9(7-15-17)16-14-6-8-4-2-3-5-10(8)18(20)21/h2-7,16H,1H3/b14-6-. The molecule has 2 aromatic rings. The van der Waals surface area contributed by atoms with Crippen LogP contribution in [-0.4, -0.2) is 20.9 Å². The van der Waals surface area contributed by atoms with E-state index in [0.29, 0.717) is 5.56 Å². The molecule has 108 valence electrons. The minimum Gasteiger partial charge on any atom is -0.275 e. The van der Waals surface area contributed by atoms with Crippen molar-refractivity contribution in [2.75, 3.05) is 5.43 Å². The Bertz CT molecular complexity index is 772. The second-order valence-electron chi connectivity index (χ2n) is 3.99. The fourth-order valence-corrected chi connectivity index (χ4v) is 1.74. The Morgan fingerprint density at radius 1 is 1.48 bits per heavy atom. The minimum atomic E-state index is -0.506. The maximum atomic E-state index is 11.6. The number of hydrazone groups is 1. The topological polar surface area (TPSA) is 102 Å². The van der Waals surface area contributed by atoms with Crippen LogP contribution in [0, 0.1) is 10.1 Å². The van der Waals surface area contributed by atoms with Crippen molar-refractivity contribution in [2.24, 2.45) is 12.1 Å². The molecule has 0 radical (unpaired) electrons. The second-order valence-corrected chi connectivity index (χ2v) is 4.36. The Balaban J connectivity index is 2.23. The van der Waals surface area contributed by atoms with Crippen LogP contribution in [-0.2, 0) is 7.05 Å². The molecule has 8 nitrogen and oxygen atoms in total. The number of hydrogen-bond donors (Lipinski definition) is 1. The first kappa shape index (κ1) is 14.7. The second kappa shape index (κ2) is 6.14. The third kappa shape index (κ3) is 3.23. The SMILES string of the molecule is Cn1ncc(N/N=C\c2ccccc2[N+](=O)[O-])c(Cl)c1=O. The molecule has 0 amide bonds. The number of anilines is 1. The van der Waals surface area contributed by atoms with Gasteiger partial charge in [-0.25, -0.2) is 4.68 Å². The van der Waals surface area contributed by atoms with Crippen LogP contribution in [0.1, 0.15) is 5.56 Å². The molecule has 1 heterocycles. The quantitative estimate of drug-likeness (QED) is 0.527. The molecule has 0 unspecified atom stereocenters. The molecular weight excluding hydrogens is 298 g/mol. The molecule has 1 aromatic heterocycles. The highest BCUT2D eigenvalue weighted by molar-refractivity contribution is 6.32. The predicted octanol–water partition coefficient (Wildman–Crippen LogP) is 1.79. The minimum absolute atomic E-state index is 0.0628. The lowest BCUT2D eigenvalue weighted by molar-refractivity contribution is -0.385. The van der Waals surface area contributed by atoms with Gasteiger partial charge in [0, 0.05) is 13.1 Å². The number of aromatic nitrogens is 2. The molecule has 0 saturated carbocycles. The van der Waals surface area contributed by atoms with E-state index in [1.807, 2.05) is 0 Å². The Hall–Kier alpha value is -2.74. The van der Waals surface area contributed by atoms with E-state index in [1.165, 1.54) is 25.5 Å². The third-order valence-electron chi connectivity index (χ3n) is 2.60. The Morgan fingerprint density at radius 3 is 2.90 bits per heavy atom. The molecule has 21 heavy (non-hydrogen) atoms. The average molecular weight is 308 g/mol. The average Bonchev–Trinajstić information content (AvgIpc) is 2.47. The van der Waals surface area contributed by atoms with E-state index in [1.54, 1.807) is 18.2 Å². The van der Waals surface area contributed by atoms with Gasteiger partial charge < -0.3 is 0 Å². The summed E-state index contributed by atoms with van der Waals surface area (Å²) in [7, 11) is 1.47. The van der Waals surface area contributed by atoms with Gasteiger partial charge in [0.05, 0.1) is 22.9 Å².